The van der Waals surface area contributed by atoms with E-state index in [0.717, 1.165) is 5.39 Å². The fraction of sp³-hybridized carbons (Fsp3) is 0.300. The van der Waals surface area contributed by atoms with E-state index in [2.05, 4.69) is 10.1 Å². The number of benzene rings is 2. The summed E-state index contributed by atoms with van der Waals surface area (Å²) in [5.74, 6) is 0.211. The summed E-state index contributed by atoms with van der Waals surface area (Å²) in [4.78, 5) is 46.5. The molecular formula is C30H31N5O5. The minimum atomic E-state index is -0.771. The first-order chi connectivity index (χ1) is 19.3. The fourth-order valence-corrected chi connectivity index (χ4v) is 4.82. The molecule has 40 heavy (non-hydrogen) atoms. The first-order valence-corrected chi connectivity index (χ1v) is 13.2. The van der Waals surface area contributed by atoms with Crippen LogP contribution in [-0.2, 0) is 17.8 Å². The Hall–Kier alpha value is -4.57. The second kappa shape index (κ2) is 11.7. The molecule has 1 saturated heterocycles. The zero-order valence-corrected chi connectivity index (χ0v) is 22.5. The van der Waals surface area contributed by atoms with Crippen LogP contribution in [-0.4, -0.2) is 80.6 Å². The molecule has 206 valence electrons. The maximum atomic E-state index is 13.0. The summed E-state index contributed by atoms with van der Waals surface area (Å²) in [7, 11) is 1.53. The largest absolute Gasteiger partial charge is 0.496 e. The van der Waals surface area contributed by atoms with Gasteiger partial charge in [0.2, 0.25) is 5.91 Å². The number of carbonyl (C=O) groups is 3. The van der Waals surface area contributed by atoms with E-state index in [9.17, 15) is 19.5 Å². The number of ether oxygens (including phenoxy) is 1. The average molecular weight is 542 g/mol. The maximum absolute atomic E-state index is 13.0. The minimum Gasteiger partial charge on any atom is -0.496 e. The number of pyridine rings is 1. The normalized spacial score (nSPS) is 14.3. The molecule has 0 bridgehead atoms. The van der Waals surface area contributed by atoms with Crippen molar-refractivity contribution >= 4 is 28.5 Å². The van der Waals surface area contributed by atoms with Crippen molar-refractivity contribution in [1.82, 2.24) is 24.6 Å². The van der Waals surface area contributed by atoms with Crippen LogP contribution in [0.4, 0.5) is 0 Å². The van der Waals surface area contributed by atoms with Gasteiger partial charge in [-0.05, 0) is 37.3 Å². The van der Waals surface area contributed by atoms with Gasteiger partial charge in [-0.2, -0.15) is 5.10 Å². The lowest BCUT2D eigenvalue weighted by Gasteiger charge is -2.34. The van der Waals surface area contributed by atoms with Gasteiger partial charge in [0.15, 0.2) is 5.78 Å². The second-order valence-corrected chi connectivity index (χ2v) is 9.81. The number of nitrogens with zero attached hydrogens (tertiary/aromatic N) is 5. The van der Waals surface area contributed by atoms with Gasteiger partial charge in [-0.3, -0.25) is 19.1 Å². The van der Waals surface area contributed by atoms with E-state index in [1.807, 2.05) is 24.3 Å². The third kappa shape index (κ3) is 5.86. The van der Waals surface area contributed by atoms with Crippen molar-refractivity contribution in [2.75, 3.05) is 33.3 Å². The van der Waals surface area contributed by atoms with Crippen molar-refractivity contribution < 1.29 is 24.2 Å². The summed E-state index contributed by atoms with van der Waals surface area (Å²) >= 11 is 0. The summed E-state index contributed by atoms with van der Waals surface area (Å²) in [6.45, 7) is 3.54. The Kier molecular flexibility index (Phi) is 7.88. The minimum absolute atomic E-state index is 0.0271. The standard InChI is InChI=1S/C30H31N5O5/c1-20(36)24-9-6-10-25(31-24)27(37)16-22-15-23-18-35(32-26(23)17-28(22)40-2)19-29(38)33-11-13-34(14-12-33)30(39)21-7-4-3-5-8-21/h3-10,15,17-18,20,36H,11-14,16,19H2,1-2H3. The number of hydrogen-bond acceptors (Lipinski definition) is 7. The molecule has 10 nitrogen and oxygen atoms in total. The van der Waals surface area contributed by atoms with Crippen LogP contribution >= 0.6 is 0 Å². The van der Waals surface area contributed by atoms with Crippen molar-refractivity contribution in [1.29, 1.82) is 0 Å². The highest BCUT2D eigenvalue weighted by Gasteiger charge is 2.25. The molecular weight excluding hydrogens is 510 g/mol. The molecule has 0 saturated carbocycles. The summed E-state index contributed by atoms with van der Waals surface area (Å²) in [5.41, 5.74) is 2.67. The van der Waals surface area contributed by atoms with Gasteiger partial charge in [0.05, 0.1) is 24.4 Å². The number of carbonyl (C=O) groups excluding carboxylic acids is 3. The number of amides is 2. The zero-order valence-electron chi connectivity index (χ0n) is 22.5. The number of aromatic nitrogens is 3. The SMILES string of the molecule is COc1cc2nn(CC(=O)N3CCN(C(=O)c4ccccc4)CC3)cc2cc1CC(=O)c1cccc(C(C)O)n1. The topological polar surface area (TPSA) is 118 Å². The molecule has 1 atom stereocenters. The second-order valence-electron chi connectivity index (χ2n) is 9.81. The number of ketones is 1. The van der Waals surface area contributed by atoms with Gasteiger partial charge in [-0.1, -0.05) is 24.3 Å². The Morgan fingerprint density at radius 1 is 0.975 bits per heavy atom. The van der Waals surface area contributed by atoms with Crippen molar-refractivity contribution in [2.24, 2.45) is 0 Å². The van der Waals surface area contributed by atoms with Gasteiger partial charge in [0, 0.05) is 61.4 Å². The van der Waals surface area contributed by atoms with Crippen LogP contribution in [0.2, 0.25) is 0 Å². The van der Waals surface area contributed by atoms with Gasteiger partial charge in [-0.25, -0.2) is 4.98 Å². The predicted octanol–water partition coefficient (Wildman–Crippen LogP) is 2.90. The number of aliphatic hydroxyl groups excluding tert-OH is 1. The fourth-order valence-electron chi connectivity index (χ4n) is 4.82. The van der Waals surface area contributed by atoms with Crippen molar-refractivity contribution in [3.05, 3.63) is 89.4 Å². The molecule has 0 spiro atoms. The lowest BCUT2D eigenvalue weighted by molar-refractivity contribution is -0.133. The monoisotopic (exact) mass is 541 g/mol. The van der Waals surface area contributed by atoms with E-state index >= 15 is 0 Å². The first kappa shape index (κ1) is 27.0. The number of rotatable bonds is 8. The van der Waals surface area contributed by atoms with Gasteiger partial charge >= 0.3 is 0 Å². The third-order valence-electron chi connectivity index (χ3n) is 7.03. The van der Waals surface area contributed by atoms with E-state index in [1.165, 1.54) is 7.11 Å². The lowest BCUT2D eigenvalue weighted by Crippen LogP contribution is -2.51. The Morgan fingerprint density at radius 3 is 2.40 bits per heavy atom. The number of piperazine rings is 1. The first-order valence-electron chi connectivity index (χ1n) is 13.2. The molecule has 4 aromatic rings. The number of aliphatic hydroxyl groups is 1. The lowest BCUT2D eigenvalue weighted by atomic mass is 10.0. The van der Waals surface area contributed by atoms with Crippen LogP contribution in [0.25, 0.3) is 10.9 Å². The molecule has 2 aromatic heterocycles. The van der Waals surface area contributed by atoms with Crippen LogP contribution in [0.3, 0.4) is 0 Å². The summed E-state index contributed by atoms with van der Waals surface area (Å²) in [5, 5.41) is 15.1. The van der Waals surface area contributed by atoms with E-state index in [1.54, 1.807) is 64.0 Å². The molecule has 3 heterocycles. The molecule has 1 N–H and O–H groups in total. The summed E-state index contributed by atoms with van der Waals surface area (Å²) < 4.78 is 7.12. The van der Waals surface area contributed by atoms with Crippen molar-refractivity contribution in [2.45, 2.75) is 26.0 Å². The van der Waals surface area contributed by atoms with Gasteiger partial charge < -0.3 is 19.6 Å². The van der Waals surface area contributed by atoms with E-state index in [-0.39, 0.29) is 36.3 Å². The van der Waals surface area contributed by atoms with Crippen molar-refractivity contribution in [3.63, 3.8) is 0 Å². The smallest absolute Gasteiger partial charge is 0.253 e. The number of methoxy groups -OCH3 is 1. The van der Waals surface area contributed by atoms with Crippen LogP contribution in [0.15, 0.2) is 66.9 Å². The summed E-state index contributed by atoms with van der Waals surface area (Å²) in [6, 6.07) is 17.7. The quantitative estimate of drug-likeness (QED) is 0.341. The molecule has 0 aliphatic carbocycles. The average Bonchev–Trinajstić information content (AvgIpc) is 3.37. The highest BCUT2D eigenvalue weighted by atomic mass is 16.5. The van der Waals surface area contributed by atoms with Crippen LogP contribution in [0.1, 0.15) is 45.1 Å². The molecule has 1 unspecified atom stereocenters. The predicted molar refractivity (Wildman–Crippen MR) is 148 cm³/mol. The number of fused-ring (bicyclic) bond motifs is 1. The van der Waals surface area contributed by atoms with Crippen molar-refractivity contribution in [3.8, 4) is 5.75 Å². The number of hydrogen-bond donors (Lipinski definition) is 1. The molecule has 1 fully saturated rings. The van der Waals surface area contributed by atoms with E-state index in [4.69, 9.17) is 4.74 Å². The van der Waals surface area contributed by atoms with Gasteiger partial charge in [0.1, 0.15) is 18.0 Å². The molecule has 0 radical (unpaired) electrons. The number of Topliss-reactive ketones (excluding diaryl/α,β-unsaturated/α-hetero) is 1. The van der Waals surface area contributed by atoms with Gasteiger partial charge in [0.25, 0.3) is 5.91 Å². The summed E-state index contributed by atoms with van der Waals surface area (Å²) in [6.07, 6.45) is 1.07. The molecule has 1 aliphatic heterocycles. The van der Waals surface area contributed by atoms with E-state index in [0.29, 0.717) is 54.3 Å². The molecule has 10 heteroatoms. The van der Waals surface area contributed by atoms with Crippen LogP contribution < -0.4 is 4.74 Å². The highest BCUT2D eigenvalue weighted by molar-refractivity contribution is 5.97. The molecule has 2 amide bonds. The molecule has 1 aliphatic rings. The van der Waals surface area contributed by atoms with Crippen LogP contribution in [0, 0.1) is 0 Å². The Labute approximate surface area is 231 Å². The Morgan fingerprint density at radius 2 is 1.70 bits per heavy atom. The highest BCUT2D eigenvalue weighted by Crippen LogP contribution is 2.27. The van der Waals surface area contributed by atoms with Gasteiger partial charge in [-0.15, -0.1) is 0 Å². The van der Waals surface area contributed by atoms with E-state index < -0.39 is 6.10 Å². The Bertz CT molecular complexity index is 1540. The maximum Gasteiger partial charge on any atom is 0.253 e. The molecule has 5 rings (SSSR count). The van der Waals surface area contributed by atoms with Crippen LogP contribution in [0.5, 0.6) is 5.75 Å². The zero-order chi connectivity index (χ0) is 28.2. The Balaban J connectivity index is 1.24. The third-order valence-corrected chi connectivity index (χ3v) is 7.03. The molecule has 2 aromatic carbocycles.